The summed E-state index contributed by atoms with van der Waals surface area (Å²) in [6, 6.07) is 13.1. The average molecular weight is 605 g/mol. The molecule has 4 heterocycles. The van der Waals surface area contributed by atoms with Crippen molar-refractivity contribution in [3.63, 3.8) is 0 Å². The van der Waals surface area contributed by atoms with Crippen molar-refractivity contribution in [2.75, 3.05) is 45.6 Å². The molecule has 0 atom stereocenters. The molecule has 6 rings (SSSR count). The van der Waals surface area contributed by atoms with E-state index in [1.165, 1.54) is 30.5 Å². The van der Waals surface area contributed by atoms with Gasteiger partial charge >= 0.3 is 0 Å². The molecule has 3 aromatic heterocycles. The van der Waals surface area contributed by atoms with Gasteiger partial charge in [0.05, 0.1) is 16.7 Å². The third-order valence-corrected chi connectivity index (χ3v) is 8.48. The maximum Gasteiger partial charge on any atom is 0.159 e. The number of aromatic amines is 2. The summed E-state index contributed by atoms with van der Waals surface area (Å²) in [7, 11) is 4.02. The van der Waals surface area contributed by atoms with Gasteiger partial charge in [-0.2, -0.15) is 5.10 Å². The normalized spacial score (nSPS) is 15.0. The lowest BCUT2D eigenvalue weighted by Gasteiger charge is -2.23. The Balaban J connectivity index is 1.33. The fourth-order valence-corrected chi connectivity index (χ4v) is 6.04. The molecule has 1 aliphatic rings. The van der Waals surface area contributed by atoms with Crippen molar-refractivity contribution >= 4 is 33.2 Å². The molecule has 45 heavy (non-hydrogen) atoms. The lowest BCUT2D eigenvalue weighted by Crippen LogP contribution is -2.27. The number of nitrogens with zero attached hydrogens (tertiary/aromatic N) is 4. The van der Waals surface area contributed by atoms with E-state index in [0.717, 1.165) is 59.3 Å². The van der Waals surface area contributed by atoms with Crippen molar-refractivity contribution in [2.45, 2.75) is 26.2 Å². The minimum absolute atomic E-state index is 0.329. The molecule has 0 spiro atoms. The second-order valence-corrected chi connectivity index (χ2v) is 12.0. The highest BCUT2D eigenvalue weighted by Crippen LogP contribution is 2.33. The van der Waals surface area contributed by atoms with Crippen LogP contribution in [0.15, 0.2) is 79.0 Å². The molecule has 8 nitrogen and oxygen atoms in total. The van der Waals surface area contributed by atoms with Crippen LogP contribution in [0.4, 0.5) is 10.1 Å². The van der Waals surface area contributed by atoms with E-state index in [-0.39, 0.29) is 5.82 Å². The second kappa shape index (κ2) is 13.6. The number of likely N-dealkylation sites (N-methyl/N-ethyl adjacent to an activating group) is 1. The zero-order valence-corrected chi connectivity index (χ0v) is 26.3. The number of aromatic nitrogens is 5. The van der Waals surface area contributed by atoms with Crippen LogP contribution in [-0.4, -0.2) is 70.3 Å². The smallest absolute Gasteiger partial charge is 0.159 e. The fourth-order valence-electron chi connectivity index (χ4n) is 6.04. The SMILES string of the molecule is C=C/C(=C\C(=C/C)c1ccc2[nH]nc(-c3nc4c(-c5cc(F)cc(NCCN(C)C)c5)nccc4[nH]3)c2c1)CC1CCNCC1. The molecule has 0 aliphatic carbocycles. The number of rotatable bonds is 11. The number of pyridine rings is 1. The maximum atomic E-state index is 14.7. The molecule has 1 aliphatic heterocycles. The Kier molecular flexibility index (Phi) is 9.18. The van der Waals surface area contributed by atoms with Crippen molar-refractivity contribution in [2.24, 2.45) is 5.92 Å². The highest BCUT2D eigenvalue weighted by Gasteiger charge is 2.18. The number of halogens is 1. The first-order valence-corrected chi connectivity index (χ1v) is 15.6. The number of hydrogen-bond donors (Lipinski definition) is 4. The number of nitrogens with one attached hydrogen (secondary N) is 4. The molecule has 1 saturated heterocycles. The summed E-state index contributed by atoms with van der Waals surface area (Å²) in [5, 5.41) is 15.5. The Bertz CT molecular complexity index is 1870. The summed E-state index contributed by atoms with van der Waals surface area (Å²) < 4.78 is 14.7. The Morgan fingerprint density at radius 2 is 1.93 bits per heavy atom. The largest absolute Gasteiger partial charge is 0.384 e. The van der Waals surface area contributed by atoms with Crippen molar-refractivity contribution < 1.29 is 4.39 Å². The second-order valence-electron chi connectivity index (χ2n) is 12.0. The number of hydrogen-bond acceptors (Lipinski definition) is 6. The molecule has 0 saturated carbocycles. The van der Waals surface area contributed by atoms with Crippen LogP contribution in [0.25, 0.3) is 50.3 Å². The molecule has 2 aromatic carbocycles. The van der Waals surface area contributed by atoms with Gasteiger partial charge in [-0.1, -0.05) is 30.9 Å². The van der Waals surface area contributed by atoms with E-state index in [1.54, 1.807) is 6.20 Å². The molecule has 0 unspecified atom stereocenters. The molecule has 0 amide bonds. The number of fused-ring (bicyclic) bond motifs is 2. The van der Waals surface area contributed by atoms with Crippen LogP contribution in [0.3, 0.4) is 0 Å². The lowest BCUT2D eigenvalue weighted by molar-refractivity contribution is 0.374. The zero-order valence-electron chi connectivity index (χ0n) is 26.3. The van der Waals surface area contributed by atoms with Crippen molar-refractivity contribution in [3.05, 3.63) is 90.4 Å². The summed E-state index contributed by atoms with van der Waals surface area (Å²) in [6.07, 6.45) is 11.6. The first-order valence-electron chi connectivity index (χ1n) is 15.6. The number of H-pyrrole nitrogens is 2. The van der Waals surface area contributed by atoms with E-state index in [2.05, 4.69) is 79.6 Å². The number of allylic oxidation sites excluding steroid dienone is 5. The minimum atomic E-state index is -0.329. The quantitative estimate of drug-likeness (QED) is 0.119. The van der Waals surface area contributed by atoms with E-state index in [0.29, 0.717) is 40.7 Å². The van der Waals surface area contributed by atoms with Crippen molar-refractivity contribution in [3.8, 4) is 22.8 Å². The third-order valence-electron chi connectivity index (χ3n) is 8.48. The summed E-state index contributed by atoms with van der Waals surface area (Å²) in [5.41, 5.74) is 8.58. The van der Waals surface area contributed by atoms with Gasteiger partial charge in [-0.05, 0) is 112 Å². The fraction of sp³-hybridized carbons (Fsp3) is 0.306. The van der Waals surface area contributed by atoms with Crippen LogP contribution in [0.2, 0.25) is 0 Å². The van der Waals surface area contributed by atoms with Gasteiger partial charge in [-0.15, -0.1) is 0 Å². The highest BCUT2D eigenvalue weighted by molar-refractivity contribution is 5.97. The van der Waals surface area contributed by atoms with Crippen LogP contribution in [0.1, 0.15) is 31.7 Å². The van der Waals surface area contributed by atoms with E-state index in [1.807, 2.05) is 32.3 Å². The minimum Gasteiger partial charge on any atom is -0.384 e. The van der Waals surface area contributed by atoms with Gasteiger partial charge in [0, 0.05) is 35.9 Å². The van der Waals surface area contributed by atoms with Crippen molar-refractivity contribution in [1.29, 1.82) is 0 Å². The van der Waals surface area contributed by atoms with E-state index >= 15 is 0 Å². The Hall–Kier alpha value is -4.60. The first-order chi connectivity index (χ1) is 21.9. The predicted octanol–water partition coefficient (Wildman–Crippen LogP) is 7.19. The van der Waals surface area contributed by atoms with Crippen LogP contribution in [0, 0.1) is 11.7 Å². The number of benzene rings is 2. The Morgan fingerprint density at radius 3 is 2.71 bits per heavy atom. The van der Waals surface area contributed by atoms with E-state index in [9.17, 15) is 4.39 Å². The Labute approximate surface area is 263 Å². The molecular formula is C36H41FN8. The molecule has 4 N–H and O–H groups in total. The highest BCUT2D eigenvalue weighted by atomic mass is 19.1. The first kappa shape index (κ1) is 30.4. The monoisotopic (exact) mass is 604 g/mol. The summed E-state index contributed by atoms with van der Waals surface area (Å²) in [6.45, 7) is 9.89. The molecule has 5 aromatic rings. The molecule has 0 bridgehead atoms. The molecular weight excluding hydrogens is 563 g/mol. The summed E-state index contributed by atoms with van der Waals surface area (Å²) in [5.74, 6) is 0.977. The zero-order chi connectivity index (χ0) is 31.3. The van der Waals surface area contributed by atoms with Gasteiger partial charge < -0.3 is 20.5 Å². The van der Waals surface area contributed by atoms with Gasteiger partial charge in [-0.3, -0.25) is 10.1 Å². The van der Waals surface area contributed by atoms with E-state index < -0.39 is 0 Å². The average Bonchev–Trinajstić information content (AvgIpc) is 3.67. The van der Waals surface area contributed by atoms with Gasteiger partial charge in [0.25, 0.3) is 0 Å². The van der Waals surface area contributed by atoms with Gasteiger partial charge in [0.1, 0.15) is 17.0 Å². The van der Waals surface area contributed by atoms with Gasteiger partial charge in [0.15, 0.2) is 5.82 Å². The van der Waals surface area contributed by atoms with Gasteiger partial charge in [-0.25, -0.2) is 9.37 Å². The maximum absolute atomic E-state index is 14.7. The van der Waals surface area contributed by atoms with Gasteiger partial charge in [0.2, 0.25) is 0 Å². The van der Waals surface area contributed by atoms with E-state index in [4.69, 9.17) is 4.98 Å². The van der Waals surface area contributed by atoms with Crippen LogP contribution >= 0.6 is 0 Å². The number of anilines is 1. The Morgan fingerprint density at radius 1 is 1.09 bits per heavy atom. The summed E-state index contributed by atoms with van der Waals surface area (Å²) in [4.78, 5) is 15.1. The summed E-state index contributed by atoms with van der Waals surface area (Å²) >= 11 is 0. The van der Waals surface area contributed by atoms with Crippen LogP contribution in [-0.2, 0) is 0 Å². The molecule has 9 heteroatoms. The molecule has 0 radical (unpaired) electrons. The van der Waals surface area contributed by atoms with Crippen LogP contribution < -0.4 is 10.6 Å². The van der Waals surface area contributed by atoms with Crippen molar-refractivity contribution in [1.82, 2.24) is 35.4 Å². The van der Waals surface area contributed by atoms with Crippen LogP contribution in [0.5, 0.6) is 0 Å². The lowest BCUT2D eigenvalue weighted by atomic mass is 9.89. The number of piperidine rings is 1. The molecule has 232 valence electrons. The third kappa shape index (κ3) is 6.90. The topological polar surface area (TPSA) is 97.6 Å². The predicted molar refractivity (Wildman–Crippen MR) is 184 cm³/mol. The standard InChI is InChI=1S/C36H41FN8/c1-5-23(17-24-9-12-38-13-10-24)18-25(6-2)26-7-8-31-30(21-26)34(44-43-31)36-41-32-11-14-40-33(35(32)42-36)27-19-28(37)22-29(20-27)39-15-16-45(3)4/h5-8,11,14,18-22,24,38-39H,1,9-10,12-13,15-17H2,2-4H3,(H,41,42)(H,43,44)/b23-18+,25-6+. The molecule has 1 fully saturated rings. The number of imidazole rings is 1.